The van der Waals surface area contributed by atoms with E-state index in [0.29, 0.717) is 25.9 Å². The van der Waals surface area contributed by atoms with Gasteiger partial charge >= 0.3 is 0 Å². The van der Waals surface area contributed by atoms with Gasteiger partial charge in [-0.2, -0.15) is 0 Å². The molecule has 0 bridgehead atoms. The van der Waals surface area contributed by atoms with Crippen LogP contribution in [0.15, 0.2) is 30.3 Å². The van der Waals surface area contributed by atoms with Crippen molar-refractivity contribution in [3.8, 4) is 0 Å². The summed E-state index contributed by atoms with van der Waals surface area (Å²) in [5, 5.41) is 0. The van der Waals surface area contributed by atoms with Gasteiger partial charge in [0.15, 0.2) is 9.84 Å². The second-order valence-corrected chi connectivity index (χ2v) is 10.1. The molecule has 1 saturated heterocycles. The van der Waals surface area contributed by atoms with E-state index in [1.165, 1.54) is 18.4 Å². The maximum absolute atomic E-state index is 12.9. The first kappa shape index (κ1) is 18.4. The molecule has 0 radical (unpaired) electrons. The molecule has 0 spiro atoms. The lowest BCUT2D eigenvalue weighted by Gasteiger charge is -2.31. The molecule has 25 heavy (non-hydrogen) atoms. The summed E-state index contributed by atoms with van der Waals surface area (Å²) in [6, 6.07) is 10.5. The minimum atomic E-state index is -2.97. The zero-order chi connectivity index (χ0) is 17.8. The molecule has 4 nitrogen and oxygen atoms in total. The number of carbonyl (C=O) groups excluding carboxylic acids is 1. The largest absolute Gasteiger partial charge is 0.342 e. The molecule has 1 saturated carbocycles. The maximum atomic E-state index is 12.9. The number of hydrogen-bond donors (Lipinski definition) is 0. The molecule has 5 heteroatoms. The normalized spacial score (nSPS) is 22.5. The Morgan fingerprint density at radius 1 is 1.00 bits per heavy atom. The SMILES string of the molecule is O=C(CC1(CCc2ccccc2)CCCC1)N1CCCS(=O)(=O)CC1. The van der Waals surface area contributed by atoms with E-state index in [-0.39, 0.29) is 22.8 Å². The van der Waals surface area contributed by atoms with E-state index in [4.69, 9.17) is 0 Å². The minimum Gasteiger partial charge on any atom is -0.342 e. The molecule has 2 aliphatic rings. The fourth-order valence-corrected chi connectivity index (χ4v) is 5.59. The van der Waals surface area contributed by atoms with Crippen molar-refractivity contribution in [2.24, 2.45) is 5.41 Å². The number of hydrogen-bond acceptors (Lipinski definition) is 3. The molecular formula is C20H29NO3S. The van der Waals surface area contributed by atoms with E-state index in [1.807, 2.05) is 6.07 Å². The molecule has 1 aliphatic heterocycles. The van der Waals surface area contributed by atoms with Crippen molar-refractivity contribution >= 4 is 15.7 Å². The lowest BCUT2D eigenvalue weighted by atomic mass is 9.77. The number of rotatable bonds is 5. The molecule has 138 valence electrons. The van der Waals surface area contributed by atoms with E-state index in [0.717, 1.165) is 25.7 Å². The summed E-state index contributed by atoms with van der Waals surface area (Å²) in [6.07, 6.45) is 7.88. The second kappa shape index (κ2) is 7.90. The highest BCUT2D eigenvalue weighted by Crippen LogP contribution is 2.45. The summed E-state index contributed by atoms with van der Waals surface area (Å²) in [5.41, 5.74) is 1.44. The number of nitrogens with zero attached hydrogens (tertiary/aromatic N) is 1. The van der Waals surface area contributed by atoms with Crippen LogP contribution in [0.25, 0.3) is 0 Å². The lowest BCUT2D eigenvalue weighted by molar-refractivity contribution is -0.133. The van der Waals surface area contributed by atoms with Crippen LogP contribution in [0.4, 0.5) is 0 Å². The van der Waals surface area contributed by atoms with Gasteiger partial charge in [-0.1, -0.05) is 43.2 Å². The first-order chi connectivity index (χ1) is 12.0. The van der Waals surface area contributed by atoms with Gasteiger partial charge in [0, 0.05) is 19.5 Å². The van der Waals surface area contributed by atoms with Gasteiger partial charge in [0.05, 0.1) is 11.5 Å². The fraction of sp³-hybridized carbons (Fsp3) is 0.650. The van der Waals surface area contributed by atoms with Gasteiger partial charge in [0.2, 0.25) is 5.91 Å². The van der Waals surface area contributed by atoms with E-state index in [9.17, 15) is 13.2 Å². The highest BCUT2D eigenvalue weighted by atomic mass is 32.2. The van der Waals surface area contributed by atoms with Crippen molar-refractivity contribution in [1.82, 2.24) is 4.90 Å². The van der Waals surface area contributed by atoms with Crippen molar-refractivity contribution in [2.45, 2.75) is 51.4 Å². The van der Waals surface area contributed by atoms with Crippen molar-refractivity contribution in [3.05, 3.63) is 35.9 Å². The molecule has 1 aromatic carbocycles. The van der Waals surface area contributed by atoms with E-state index >= 15 is 0 Å². The van der Waals surface area contributed by atoms with Gasteiger partial charge in [0.25, 0.3) is 0 Å². The molecule has 0 atom stereocenters. The summed E-state index contributed by atoms with van der Waals surface area (Å²) < 4.78 is 23.5. The highest BCUT2D eigenvalue weighted by molar-refractivity contribution is 7.91. The molecule has 0 unspecified atom stereocenters. The molecular weight excluding hydrogens is 334 g/mol. The van der Waals surface area contributed by atoms with Crippen LogP contribution in [-0.2, 0) is 21.1 Å². The third-order valence-electron chi connectivity index (χ3n) is 5.89. The Labute approximate surface area is 151 Å². The number of sulfone groups is 1. The van der Waals surface area contributed by atoms with Crippen molar-refractivity contribution in [3.63, 3.8) is 0 Å². The third-order valence-corrected chi connectivity index (χ3v) is 7.60. The van der Waals surface area contributed by atoms with Crippen LogP contribution in [0.5, 0.6) is 0 Å². The first-order valence-electron chi connectivity index (χ1n) is 9.50. The molecule has 0 N–H and O–H groups in total. The van der Waals surface area contributed by atoms with Crippen molar-refractivity contribution in [2.75, 3.05) is 24.6 Å². The quantitative estimate of drug-likeness (QED) is 0.807. The van der Waals surface area contributed by atoms with Crippen LogP contribution < -0.4 is 0 Å². The fourth-order valence-electron chi connectivity index (χ4n) is 4.31. The third kappa shape index (κ3) is 5.06. The van der Waals surface area contributed by atoms with E-state index in [2.05, 4.69) is 24.3 Å². The average molecular weight is 364 g/mol. The zero-order valence-electron chi connectivity index (χ0n) is 15.0. The smallest absolute Gasteiger partial charge is 0.223 e. The van der Waals surface area contributed by atoms with Crippen molar-refractivity contribution < 1.29 is 13.2 Å². The van der Waals surface area contributed by atoms with E-state index < -0.39 is 9.84 Å². The number of aryl methyl sites for hydroxylation is 1. The summed E-state index contributed by atoms with van der Waals surface area (Å²) in [7, 11) is -2.97. The standard InChI is InChI=1S/C20H29NO3S/c22-19(21-13-6-15-25(23,24)16-14-21)17-20(10-4-5-11-20)12-9-18-7-2-1-3-8-18/h1-3,7-8H,4-6,9-17H2. The summed E-state index contributed by atoms with van der Waals surface area (Å²) in [4.78, 5) is 14.7. The Hall–Kier alpha value is -1.36. The molecule has 1 heterocycles. The van der Waals surface area contributed by atoms with Crippen LogP contribution in [-0.4, -0.2) is 43.8 Å². The van der Waals surface area contributed by atoms with Crippen LogP contribution in [0, 0.1) is 5.41 Å². The topological polar surface area (TPSA) is 54.5 Å². The molecule has 1 aliphatic carbocycles. The lowest BCUT2D eigenvalue weighted by Crippen LogP contribution is -2.37. The predicted molar refractivity (Wildman–Crippen MR) is 100 cm³/mol. The molecule has 3 rings (SSSR count). The first-order valence-corrected chi connectivity index (χ1v) is 11.3. The Kier molecular flexibility index (Phi) is 5.82. The highest BCUT2D eigenvalue weighted by Gasteiger charge is 2.37. The van der Waals surface area contributed by atoms with Crippen LogP contribution in [0.2, 0.25) is 0 Å². The predicted octanol–water partition coefficient (Wildman–Crippen LogP) is 3.22. The Morgan fingerprint density at radius 3 is 2.44 bits per heavy atom. The summed E-state index contributed by atoms with van der Waals surface area (Å²) >= 11 is 0. The van der Waals surface area contributed by atoms with E-state index in [1.54, 1.807) is 4.90 Å². The van der Waals surface area contributed by atoms with Gasteiger partial charge in [-0.15, -0.1) is 0 Å². The van der Waals surface area contributed by atoms with Crippen LogP contribution >= 0.6 is 0 Å². The number of carbonyl (C=O) groups is 1. The number of amides is 1. The number of benzene rings is 1. The molecule has 1 amide bonds. The van der Waals surface area contributed by atoms with Gasteiger partial charge in [-0.3, -0.25) is 4.79 Å². The Balaban J connectivity index is 1.61. The summed E-state index contributed by atoms with van der Waals surface area (Å²) in [6.45, 7) is 0.961. The Bertz CT molecular complexity index is 678. The molecule has 1 aromatic rings. The van der Waals surface area contributed by atoms with Gasteiger partial charge in [-0.05, 0) is 43.1 Å². The average Bonchev–Trinajstić information content (AvgIpc) is 2.97. The monoisotopic (exact) mass is 363 g/mol. The zero-order valence-corrected chi connectivity index (χ0v) is 15.8. The van der Waals surface area contributed by atoms with Crippen LogP contribution in [0.1, 0.15) is 50.5 Å². The molecule has 2 fully saturated rings. The molecule has 0 aromatic heterocycles. The van der Waals surface area contributed by atoms with Crippen molar-refractivity contribution in [1.29, 1.82) is 0 Å². The second-order valence-electron chi connectivity index (χ2n) is 7.76. The summed E-state index contributed by atoms with van der Waals surface area (Å²) in [5.74, 6) is 0.498. The van der Waals surface area contributed by atoms with Gasteiger partial charge < -0.3 is 4.90 Å². The van der Waals surface area contributed by atoms with Gasteiger partial charge in [-0.25, -0.2) is 8.42 Å². The minimum absolute atomic E-state index is 0.109. The Morgan fingerprint density at radius 2 is 1.72 bits per heavy atom. The van der Waals surface area contributed by atoms with Crippen LogP contribution in [0.3, 0.4) is 0 Å². The van der Waals surface area contributed by atoms with Gasteiger partial charge in [0.1, 0.15) is 0 Å². The maximum Gasteiger partial charge on any atom is 0.223 e.